The van der Waals surface area contributed by atoms with Crippen LogP contribution in [0.2, 0.25) is 0 Å². The van der Waals surface area contributed by atoms with Crippen LogP contribution in [0, 0.1) is 0 Å². The number of carbonyl (C=O) groups is 1. The molecular formula is C26H30O13. The fourth-order valence-electron chi connectivity index (χ4n) is 4.78. The number of fused-ring (bicyclic) bond motifs is 1. The second-order valence-electron chi connectivity index (χ2n) is 9.83. The lowest BCUT2D eigenvalue weighted by Gasteiger charge is -2.40. The average molecular weight is 551 g/mol. The molecule has 212 valence electrons. The number of aromatic hydroxyl groups is 1. The first-order valence-corrected chi connectivity index (χ1v) is 12.3. The summed E-state index contributed by atoms with van der Waals surface area (Å²) in [6.45, 7) is -1.53. The van der Waals surface area contributed by atoms with Crippen LogP contribution in [0.25, 0.3) is 0 Å². The molecule has 2 aromatic carbocycles. The monoisotopic (exact) mass is 550 g/mol. The van der Waals surface area contributed by atoms with Gasteiger partial charge in [0.1, 0.15) is 59.3 Å². The predicted octanol–water partition coefficient (Wildman–Crippen LogP) is -1.51. The summed E-state index contributed by atoms with van der Waals surface area (Å²) in [6.07, 6.45) is -10.6. The van der Waals surface area contributed by atoms with Gasteiger partial charge in [0.15, 0.2) is 6.29 Å². The van der Waals surface area contributed by atoms with Crippen LogP contribution in [0.15, 0.2) is 42.5 Å². The number of aliphatic hydroxyl groups excluding tert-OH is 5. The maximum absolute atomic E-state index is 12.4. The van der Waals surface area contributed by atoms with Crippen molar-refractivity contribution in [3.05, 3.63) is 59.2 Å². The molecule has 2 fully saturated rings. The Bertz CT molecular complexity index is 1170. The van der Waals surface area contributed by atoms with Crippen LogP contribution >= 0.6 is 0 Å². The van der Waals surface area contributed by atoms with Crippen LogP contribution in [0.4, 0.5) is 0 Å². The fourth-order valence-corrected chi connectivity index (χ4v) is 4.78. The molecule has 13 nitrogen and oxygen atoms in total. The zero-order valence-corrected chi connectivity index (χ0v) is 20.6. The second kappa shape index (κ2) is 11.0. The molecule has 0 spiro atoms. The molecule has 3 aliphatic heterocycles. The van der Waals surface area contributed by atoms with Crippen LogP contribution in [0.5, 0.6) is 11.5 Å². The molecule has 13 heteroatoms. The van der Waals surface area contributed by atoms with Crippen LogP contribution in [0.3, 0.4) is 0 Å². The van der Waals surface area contributed by atoms with E-state index in [9.17, 15) is 40.5 Å². The van der Waals surface area contributed by atoms with Crippen molar-refractivity contribution in [3.63, 3.8) is 0 Å². The van der Waals surface area contributed by atoms with Crippen molar-refractivity contribution >= 4 is 5.97 Å². The largest absolute Gasteiger partial charge is 0.507 e. The van der Waals surface area contributed by atoms with E-state index < -0.39 is 74.0 Å². The first-order valence-electron chi connectivity index (χ1n) is 12.3. The molecule has 3 aliphatic rings. The molecule has 5 rings (SSSR count). The van der Waals surface area contributed by atoms with Gasteiger partial charge in [-0.3, -0.25) is 0 Å². The number of aliphatic hydroxyl groups is 6. The first-order chi connectivity index (χ1) is 18.6. The topological polar surface area (TPSA) is 205 Å². The zero-order valence-electron chi connectivity index (χ0n) is 20.6. The van der Waals surface area contributed by atoms with E-state index in [1.54, 1.807) is 36.4 Å². The van der Waals surface area contributed by atoms with E-state index >= 15 is 0 Å². The van der Waals surface area contributed by atoms with Crippen LogP contribution in [-0.2, 0) is 25.4 Å². The number of rotatable bonds is 7. The van der Waals surface area contributed by atoms with Gasteiger partial charge in [-0.05, 0) is 29.3 Å². The molecule has 0 amide bonds. The summed E-state index contributed by atoms with van der Waals surface area (Å²) in [4.78, 5) is 12.4. The molecule has 0 saturated carbocycles. The van der Waals surface area contributed by atoms with E-state index in [1.165, 1.54) is 6.07 Å². The summed E-state index contributed by atoms with van der Waals surface area (Å²) in [5.74, 6) is -0.523. The SMILES string of the molecule is O=C1OC(c2ccc(OC3OC(COC4OCC(O)(CO)C4O)C(O)C(O)C3O)cc2)Cc2cccc(O)c21. The molecule has 0 aliphatic carbocycles. The van der Waals surface area contributed by atoms with Gasteiger partial charge in [-0.15, -0.1) is 0 Å². The molecule has 9 atom stereocenters. The van der Waals surface area contributed by atoms with Crippen LogP contribution in [0.1, 0.15) is 27.6 Å². The number of hydrogen-bond donors (Lipinski definition) is 7. The Morgan fingerprint density at radius 1 is 0.974 bits per heavy atom. The molecule has 9 unspecified atom stereocenters. The molecular weight excluding hydrogens is 520 g/mol. The number of benzene rings is 2. The van der Waals surface area contributed by atoms with Gasteiger partial charge < -0.3 is 59.4 Å². The van der Waals surface area contributed by atoms with Gasteiger partial charge in [-0.2, -0.15) is 0 Å². The number of hydrogen-bond acceptors (Lipinski definition) is 13. The van der Waals surface area contributed by atoms with E-state index in [4.69, 9.17) is 23.7 Å². The molecule has 0 aromatic heterocycles. The Morgan fingerprint density at radius 2 is 1.72 bits per heavy atom. The molecule has 2 aromatic rings. The maximum atomic E-state index is 12.4. The van der Waals surface area contributed by atoms with E-state index in [0.717, 1.165) is 0 Å². The predicted molar refractivity (Wildman–Crippen MR) is 127 cm³/mol. The van der Waals surface area contributed by atoms with E-state index in [1.807, 2.05) is 0 Å². The highest BCUT2D eigenvalue weighted by Crippen LogP contribution is 2.35. The van der Waals surface area contributed by atoms with Gasteiger partial charge in [-0.25, -0.2) is 4.79 Å². The van der Waals surface area contributed by atoms with Gasteiger partial charge in [0.2, 0.25) is 6.29 Å². The minimum atomic E-state index is -1.90. The lowest BCUT2D eigenvalue weighted by molar-refractivity contribution is -0.289. The lowest BCUT2D eigenvalue weighted by Crippen LogP contribution is -2.60. The van der Waals surface area contributed by atoms with Gasteiger partial charge in [0, 0.05) is 6.42 Å². The van der Waals surface area contributed by atoms with Gasteiger partial charge >= 0.3 is 5.97 Å². The Kier molecular flexibility index (Phi) is 7.79. The number of esters is 1. The Balaban J connectivity index is 1.21. The summed E-state index contributed by atoms with van der Waals surface area (Å²) in [5.41, 5.74) is -0.428. The molecule has 7 N–H and O–H groups in total. The highest BCUT2D eigenvalue weighted by molar-refractivity contribution is 5.95. The average Bonchev–Trinajstić information content (AvgIpc) is 3.22. The smallest absolute Gasteiger partial charge is 0.342 e. The molecule has 2 saturated heterocycles. The highest BCUT2D eigenvalue weighted by atomic mass is 16.7. The van der Waals surface area contributed by atoms with E-state index in [-0.39, 0.29) is 23.7 Å². The zero-order chi connectivity index (χ0) is 27.9. The third-order valence-electron chi connectivity index (χ3n) is 7.16. The lowest BCUT2D eigenvalue weighted by atomic mass is 9.94. The summed E-state index contributed by atoms with van der Waals surface area (Å²) >= 11 is 0. The van der Waals surface area contributed by atoms with Crippen molar-refractivity contribution in [1.29, 1.82) is 0 Å². The van der Waals surface area contributed by atoms with Gasteiger partial charge in [0.25, 0.3) is 0 Å². The fraction of sp³-hybridized carbons (Fsp3) is 0.500. The van der Waals surface area contributed by atoms with Crippen LogP contribution < -0.4 is 4.74 Å². The van der Waals surface area contributed by atoms with Crippen molar-refractivity contribution in [1.82, 2.24) is 0 Å². The molecule has 0 bridgehead atoms. The van der Waals surface area contributed by atoms with Crippen molar-refractivity contribution in [2.45, 2.75) is 61.2 Å². The quantitative estimate of drug-likeness (QED) is 0.196. The summed E-state index contributed by atoms with van der Waals surface area (Å²) in [6, 6.07) is 11.2. The summed E-state index contributed by atoms with van der Waals surface area (Å²) in [5, 5.41) is 70.5. The molecule has 3 heterocycles. The van der Waals surface area contributed by atoms with Crippen molar-refractivity contribution in [2.24, 2.45) is 0 Å². The molecule has 39 heavy (non-hydrogen) atoms. The van der Waals surface area contributed by atoms with Gasteiger partial charge in [-0.1, -0.05) is 24.3 Å². The van der Waals surface area contributed by atoms with Crippen molar-refractivity contribution in [2.75, 3.05) is 19.8 Å². The number of ether oxygens (including phenoxy) is 5. The van der Waals surface area contributed by atoms with E-state index in [2.05, 4.69) is 0 Å². The Morgan fingerprint density at radius 3 is 2.41 bits per heavy atom. The third kappa shape index (κ3) is 5.33. The third-order valence-corrected chi connectivity index (χ3v) is 7.16. The Labute approximate surface area is 222 Å². The van der Waals surface area contributed by atoms with Crippen LogP contribution in [-0.4, -0.2) is 110 Å². The first kappa shape index (κ1) is 27.7. The normalized spacial score (nSPS) is 36.3. The number of phenols is 1. The maximum Gasteiger partial charge on any atom is 0.342 e. The number of cyclic esters (lactones) is 1. The molecule has 0 radical (unpaired) electrons. The number of phenolic OH excluding ortho intramolecular Hbond substituents is 1. The Hall–Kier alpha value is -2.85. The van der Waals surface area contributed by atoms with Crippen molar-refractivity contribution in [3.8, 4) is 11.5 Å². The highest BCUT2D eigenvalue weighted by Gasteiger charge is 2.50. The minimum absolute atomic E-state index is 0.139. The van der Waals surface area contributed by atoms with Gasteiger partial charge in [0.05, 0.1) is 19.8 Å². The number of carbonyl (C=O) groups excluding carboxylic acids is 1. The summed E-state index contributed by atoms with van der Waals surface area (Å²) < 4.78 is 27.4. The minimum Gasteiger partial charge on any atom is -0.507 e. The van der Waals surface area contributed by atoms with E-state index in [0.29, 0.717) is 17.5 Å². The standard InChI is InChI=1S/C26H30O13/c27-10-26(34)11-36-25(22(26)32)35-9-17-19(29)20(30)21(31)24(39-17)37-14-6-4-12(5-7-14)16-8-13-2-1-3-15(28)18(13)23(33)38-16/h1-7,16-17,19-22,24-25,27-32,34H,8-11H2. The summed E-state index contributed by atoms with van der Waals surface area (Å²) in [7, 11) is 0. The second-order valence-corrected chi connectivity index (χ2v) is 9.83. The van der Waals surface area contributed by atoms with Crippen molar-refractivity contribution < 1.29 is 64.2 Å².